The van der Waals surface area contributed by atoms with Crippen LogP contribution in [0.5, 0.6) is 0 Å². The molecule has 1 heterocycles. The molecule has 4 heteroatoms. The molecule has 112 valence electrons. The number of nitrogens with one attached hydrogen (secondary N) is 1. The molecule has 1 aliphatic heterocycles. The van der Waals surface area contributed by atoms with Crippen molar-refractivity contribution >= 4 is 11.8 Å². The zero-order valence-corrected chi connectivity index (χ0v) is 13.6. The molecule has 0 aliphatic carbocycles. The minimum absolute atomic E-state index is 0.237. The molecule has 2 atom stereocenters. The lowest BCUT2D eigenvalue weighted by Gasteiger charge is -2.39. The molecule has 0 radical (unpaired) electrons. The summed E-state index contributed by atoms with van der Waals surface area (Å²) in [5.41, 5.74) is 1.35. The van der Waals surface area contributed by atoms with Gasteiger partial charge in [0.2, 0.25) is 0 Å². The van der Waals surface area contributed by atoms with Gasteiger partial charge in [-0.2, -0.15) is 0 Å². The maximum absolute atomic E-state index is 6.01. The van der Waals surface area contributed by atoms with E-state index in [2.05, 4.69) is 54.7 Å². The van der Waals surface area contributed by atoms with Crippen LogP contribution < -0.4 is 5.32 Å². The molecule has 0 spiro atoms. The molecule has 0 saturated carbocycles. The van der Waals surface area contributed by atoms with Gasteiger partial charge in [-0.05, 0) is 44.0 Å². The molecule has 1 saturated heterocycles. The number of ether oxygens (including phenoxy) is 1. The van der Waals surface area contributed by atoms with E-state index in [-0.39, 0.29) is 6.10 Å². The molecule has 1 N–H and O–H groups in total. The summed E-state index contributed by atoms with van der Waals surface area (Å²) in [6, 6.07) is 9.25. The second-order valence-electron chi connectivity index (χ2n) is 5.31. The zero-order valence-electron chi connectivity index (χ0n) is 12.8. The highest BCUT2D eigenvalue weighted by Gasteiger charge is 2.30. The van der Waals surface area contributed by atoms with Crippen molar-refractivity contribution < 1.29 is 4.74 Å². The van der Waals surface area contributed by atoms with Crippen LogP contribution in [0.1, 0.15) is 24.9 Å². The first-order valence-corrected chi connectivity index (χ1v) is 8.65. The first-order valence-electron chi connectivity index (χ1n) is 7.42. The third kappa shape index (κ3) is 3.98. The van der Waals surface area contributed by atoms with Crippen molar-refractivity contribution in [3.63, 3.8) is 0 Å². The van der Waals surface area contributed by atoms with Gasteiger partial charge in [0.25, 0.3) is 0 Å². The first-order chi connectivity index (χ1) is 9.76. The van der Waals surface area contributed by atoms with Gasteiger partial charge in [-0.15, -0.1) is 11.8 Å². The Morgan fingerprint density at radius 3 is 2.75 bits per heavy atom. The standard InChI is InChI=1S/C16H26N2OS/c1-4-9-17-12-15-16(18(2)10-11-19-15)13-5-7-14(20-3)8-6-13/h5-8,15-17H,4,9-12H2,1-3H3. The third-order valence-corrected chi connectivity index (χ3v) is 4.58. The van der Waals surface area contributed by atoms with Crippen LogP contribution in [0.3, 0.4) is 0 Å². The molecule has 0 aromatic heterocycles. The fraction of sp³-hybridized carbons (Fsp3) is 0.625. The molecule has 3 nitrogen and oxygen atoms in total. The molecular formula is C16H26N2OS. The Hall–Kier alpha value is -0.550. The maximum atomic E-state index is 6.01. The molecule has 1 fully saturated rings. The summed E-state index contributed by atoms with van der Waals surface area (Å²) < 4.78 is 6.01. The van der Waals surface area contributed by atoms with E-state index in [1.807, 2.05) is 0 Å². The number of thioether (sulfide) groups is 1. The summed E-state index contributed by atoms with van der Waals surface area (Å²) in [7, 11) is 2.20. The SMILES string of the molecule is CCCNCC1OCCN(C)C1c1ccc(SC)cc1. The largest absolute Gasteiger partial charge is 0.374 e. The summed E-state index contributed by atoms with van der Waals surface area (Å²) in [5, 5.41) is 3.49. The smallest absolute Gasteiger partial charge is 0.0896 e. The molecule has 1 aromatic carbocycles. The van der Waals surface area contributed by atoms with Gasteiger partial charge in [-0.25, -0.2) is 0 Å². The van der Waals surface area contributed by atoms with Crippen molar-refractivity contribution in [1.29, 1.82) is 0 Å². The topological polar surface area (TPSA) is 24.5 Å². The first kappa shape index (κ1) is 15.8. The van der Waals surface area contributed by atoms with Crippen molar-refractivity contribution in [2.75, 3.05) is 39.5 Å². The van der Waals surface area contributed by atoms with Crippen molar-refractivity contribution in [2.45, 2.75) is 30.4 Å². The molecule has 0 bridgehead atoms. The Morgan fingerprint density at radius 2 is 2.10 bits per heavy atom. The van der Waals surface area contributed by atoms with E-state index in [0.717, 1.165) is 32.7 Å². The van der Waals surface area contributed by atoms with Crippen LogP contribution in [0.25, 0.3) is 0 Å². The van der Waals surface area contributed by atoms with Gasteiger partial charge in [0.1, 0.15) is 0 Å². The quantitative estimate of drug-likeness (QED) is 0.644. The molecule has 2 unspecified atom stereocenters. The van der Waals surface area contributed by atoms with Gasteiger partial charge in [-0.3, -0.25) is 4.90 Å². The average molecular weight is 294 g/mol. The van der Waals surface area contributed by atoms with Gasteiger partial charge in [0.05, 0.1) is 18.8 Å². The highest BCUT2D eigenvalue weighted by molar-refractivity contribution is 7.98. The zero-order chi connectivity index (χ0) is 14.4. The van der Waals surface area contributed by atoms with E-state index in [9.17, 15) is 0 Å². The third-order valence-electron chi connectivity index (χ3n) is 3.83. The van der Waals surface area contributed by atoms with E-state index < -0.39 is 0 Å². The summed E-state index contributed by atoms with van der Waals surface area (Å²) in [6.45, 7) is 6.00. The number of hydrogen-bond acceptors (Lipinski definition) is 4. The van der Waals surface area contributed by atoms with Crippen LogP contribution >= 0.6 is 11.8 Å². The van der Waals surface area contributed by atoms with Crippen LogP contribution in [-0.2, 0) is 4.74 Å². The highest BCUT2D eigenvalue weighted by atomic mass is 32.2. The Morgan fingerprint density at radius 1 is 1.35 bits per heavy atom. The van der Waals surface area contributed by atoms with Crippen LogP contribution in [-0.4, -0.2) is 50.5 Å². The fourth-order valence-electron chi connectivity index (χ4n) is 2.72. The fourth-order valence-corrected chi connectivity index (χ4v) is 3.13. The van der Waals surface area contributed by atoms with E-state index in [4.69, 9.17) is 4.74 Å². The lowest BCUT2D eigenvalue weighted by Crippen LogP contribution is -2.47. The van der Waals surface area contributed by atoms with Crippen molar-refractivity contribution in [3.8, 4) is 0 Å². The highest BCUT2D eigenvalue weighted by Crippen LogP contribution is 2.29. The van der Waals surface area contributed by atoms with E-state index in [1.54, 1.807) is 11.8 Å². The normalized spacial score (nSPS) is 23.9. The van der Waals surface area contributed by atoms with Crippen molar-refractivity contribution in [1.82, 2.24) is 10.2 Å². The molecule has 1 aromatic rings. The lowest BCUT2D eigenvalue weighted by atomic mass is 9.98. The lowest BCUT2D eigenvalue weighted by molar-refractivity contribution is -0.0612. The molecule has 20 heavy (non-hydrogen) atoms. The van der Waals surface area contributed by atoms with Crippen LogP contribution in [0, 0.1) is 0 Å². The Labute approximate surface area is 127 Å². The Kier molecular flexibility index (Phi) is 6.36. The summed E-state index contributed by atoms with van der Waals surface area (Å²) in [5.74, 6) is 0. The van der Waals surface area contributed by atoms with E-state index in [0.29, 0.717) is 6.04 Å². The molecular weight excluding hydrogens is 268 g/mol. The summed E-state index contributed by atoms with van der Waals surface area (Å²) in [4.78, 5) is 3.73. The number of morpholine rings is 1. The molecule has 2 rings (SSSR count). The van der Waals surface area contributed by atoms with E-state index in [1.165, 1.54) is 10.5 Å². The van der Waals surface area contributed by atoms with Crippen molar-refractivity contribution in [2.24, 2.45) is 0 Å². The van der Waals surface area contributed by atoms with E-state index >= 15 is 0 Å². The predicted octanol–water partition coefficient (Wildman–Crippen LogP) is 2.78. The molecule has 0 amide bonds. The van der Waals surface area contributed by atoms with Gasteiger partial charge in [0, 0.05) is 18.0 Å². The van der Waals surface area contributed by atoms with Crippen LogP contribution in [0.15, 0.2) is 29.2 Å². The number of benzene rings is 1. The second-order valence-corrected chi connectivity index (χ2v) is 6.19. The summed E-state index contributed by atoms with van der Waals surface area (Å²) >= 11 is 1.79. The molecule has 1 aliphatic rings. The van der Waals surface area contributed by atoms with Gasteiger partial charge in [0.15, 0.2) is 0 Å². The predicted molar refractivity (Wildman–Crippen MR) is 86.5 cm³/mol. The number of hydrogen-bond donors (Lipinski definition) is 1. The van der Waals surface area contributed by atoms with Crippen molar-refractivity contribution in [3.05, 3.63) is 29.8 Å². The minimum Gasteiger partial charge on any atom is -0.374 e. The van der Waals surface area contributed by atoms with Crippen LogP contribution in [0.4, 0.5) is 0 Å². The Balaban J connectivity index is 2.09. The minimum atomic E-state index is 0.237. The average Bonchev–Trinajstić information content (AvgIpc) is 2.48. The number of rotatable bonds is 6. The summed E-state index contributed by atoms with van der Waals surface area (Å²) in [6.07, 6.45) is 3.51. The number of nitrogens with zero attached hydrogens (tertiary/aromatic N) is 1. The van der Waals surface area contributed by atoms with Gasteiger partial charge < -0.3 is 10.1 Å². The maximum Gasteiger partial charge on any atom is 0.0896 e. The van der Waals surface area contributed by atoms with Gasteiger partial charge >= 0.3 is 0 Å². The van der Waals surface area contributed by atoms with Crippen LogP contribution in [0.2, 0.25) is 0 Å². The monoisotopic (exact) mass is 294 g/mol. The second kappa shape index (κ2) is 8.03. The Bertz CT molecular complexity index is 396. The number of likely N-dealkylation sites (N-methyl/N-ethyl adjacent to an activating group) is 1. The van der Waals surface area contributed by atoms with Gasteiger partial charge in [-0.1, -0.05) is 19.1 Å².